The first-order valence-corrected chi connectivity index (χ1v) is 23.2. The number of likely N-dealkylation sites (tertiary alicyclic amines) is 1. The van der Waals surface area contributed by atoms with E-state index in [1.54, 1.807) is 0 Å². The van der Waals surface area contributed by atoms with Crippen molar-refractivity contribution in [2.75, 3.05) is 6.54 Å². The van der Waals surface area contributed by atoms with E-state index in [1.165, 1.54) is 22.3 Å². The molecule has 59 heavy (non-hydrogen) atoms. The number of halogens is 2. The summed E-state index contributed by atoms with van der Waals surface area (Å²) in [6.45, 7) is 19.6. The lowest BCUT2D eigenvalue weighted by Crippen LogP contribution is -2.58. The second kappa shape index (κ2) is 15.2. The average molecular weight is 857 g/mol. The van der Waals surface area contributed by atoms with Crippen LogP contribution in [0.15, 0.2) is 30.9 Å². The van der Waals surface area contributed by atoms with Gasteiger partial charge in [-0.05, 0) is 75.8 Å². The first-order valence-electron chi connectivity index (χ1n) is 20.9. The van der Waals surface area contributed by atoms with E-state index in [0.717, 1.165) is 26.7 Å². The Kier molecular flexibility index (Phi) is 11.1. The highest BCUT2D eigenvalue weighted by Gasteiger charge is 2.65. The lowest BCUT2D eigenvalue weighted by Gasteiger charge is -2.33. The van der Waals surface area contributed by atoms with Gasteiger partial charge in [0.15, 0.2) is 0 Å². The molecule has 2 aromatic heterocycles. The summed E-state index contributed by atoms with van der Waals surface area (Å²) in [5.41, 5.74) is 1.08. The van der Waals surface area contributed by atoms with E-state index in [0.29, 0.717) is 24.4 Å². The number of aryl methyl sites for hydroxylation is 1. The van der Waals surface area contributed by atoms with E-state index < -0.39 is 80.3 Å². The minimum atomic E-state index is -4.57. The fourth-order valence-electron chi connectivity index (χ4n) is 8.67. The Balaban J connectivity index is 1.31. The molecule has 7 rings (SSSR count). The average Bonchev–Trinajstić information content (AvgIpc) is 3.89. The number of thiazole rings is 1. The number of alkyl halides is 2. The standard InChI is InChI=1S/C43H58F2N6O6S2/c1-10-27-21-43(27)38(54)49-59(55,56)41(18-19-41)23-42(44,45)17-12-11-16-32-33(24(2)3)46-36(58-32)29-14-13-15-30-34(29)47-39(51(30)25(4)5)57-28-20-31(35(52)48-43)50(22-28)37(53)26(6)40(7,8)9/h10,13-15,24-28,31H,1,11-12,16-23H2,2-9H3,(H,48,52)(H,49,54)/t26-,27-,28-,31+,43-/m1/s1. The molecule has 3 amide bonds. The maximum Gasteiger partial charge on any atom is 0.297 e. The molecule has 2 N–H and O–H groups in total. The molecule has 0 unspecified atom stereocenters. The molecule has 2 aliphatic carbocycles. The normalized spacial score (nSPS) is 27.4. The van der Waals surface area contributed by atoms with Gasteiger partial charge in [-0.3, -0.25) is 23.7 Å². The van der Waals surface area contributed by atoms with Gasteiger partial charge in [0.2, 0.25) is 27.8 Å². The molecular weight excluding hydrogens is 799 g/mol. The van der Waals surface area contributed by atoms with Gasteiger partial charge in [-0.25, -0.2) is 22.2 Å². The second-order valence-electron chi connectivity index (χ2n) is 18.9. The molecule has 1 saturated heterocycles. The zero-order valence-corrected chi connectivity index (χ0v) is 37.0. The quantitative estimate of drug-likeness (QED) is 0.254. The van der Waals surface area contributed by atoms with Crippen LogP contribution in [0.4, 0.5) is 8.78 Å². The van der Waals surface area contributed by atoms with Crippen LogP contribution in [0.2, 0.25) is 0 Å². The molecule has 1 aromatic carbocycles. The predicted molar refractivity (Wildman–Crippen MR) is 224 cm³/mol. The van der Waals surface area contributed by atoms with Gasteiger partial charge in [-0.15, -0.1) is 17.9 Å². The number of imidazole rings is 1. The Morgan fingerprint density at radius 1 is 1.08 bits per heavy atom. The number of para-hydroxylation sites is 1. The Bertz CT molecular complexity index is 2280. The number of nitrogens with one attached hydrogen (secondary N) is 2. The molecule has 5 atom stereocenters. The van der Waals surface area contributed by atoms with Gasteiger partial charge in [-0.2, -0.15) is 4.98 Å². The second-order valence-corrected chi connectivity index (χ2v) is 22.1. The van der Waals surface area contributed by atoms with Crippen LogP contribution in [0.5, 0.6) is 6.01 Å². The van der Waals surface area contributed by atoms with Gasteiger partial charge >= 0.3 is 0 Å². The number of carbonyl (C=O) groups is 3. The van der Waals surface area contributed by atoms with E-state index in [1.807, 2.05) is 64.3 Å². The number of aromatic nitrogens is 3. The summed E-state index contributed by atoms with van der Waals surface area (Å²) in [6, 6.07) is 5.05. The SMILES string of the molecule is C=C[C@@H]1C[C@@]12NC(=O)[C@@H]1C[C@H](CN1C(=O)[C@@H](C)C(C)(C)C)Oc1nc3c(cccc3n1C(C)C)-c1nc(C(C)C)c(s1)CCCCC(F)(F)CC1(CC1)S(=O)(=O)NC2=O. The van der Waals surface area contributed by atoms with Crippen LogP contribution >= 0.6 is 11.3 Å². The van der Waals surface area contributed by atoms with Crippen LogP contribution in [-0.2, 0) is 30.8 Å². The highest BCUT2D eigenvalue weighted by Crippen LogP contribution is 2.52. The van der Waals surface area contributed by atoms with E-state index in [4.69, 9.17) is 14.7 Å². The molecule has 6 bridgehead atoms. The molecular formula is C43H58F2N6O6S2. The van der Waals surface area contributed by atoms with Crippen molar-refractivity contribution in [1.82, 2.24) is 29.5 Å². The number of sulfonamides is 1. The topological polar surface area (TPSA) is 153 Å². The molecule has 4 heterocycles. The number of ether oxygens (including phenoxy) is 1. The first kappa shape index (κ1) is 43.2. The number of hydrogen-bond donors (Lipinski definition) is 2. The first-order chi connectivity index (χ1) is 27.5. The van der Waals surface area contributed by atoms with Crippen LogP contribution in [-0.4, -0.2) is 80.5 Å². The zero-order valence-electron chi connectivity index (χ0n) is 35.4. The molecule has 4 aliphatic rings. The fraction of sp³-hybridized carbons (Fsp3) is 0.651. The summed E-state index contributed by atoms with van der Waals surface area (Å²) >= 11 is 1.52. The number of fused-ring (bicyclic) bond motifs is 6. The van der Waals surface area contributed by atoms with E-state index in [-0.39, 0.29) is 56.5 Å². The molecule has 0 radical (unpaired) electrons. The van der Waals surface area contributed by atoms with Crippen molar-refractivity contribution in [1.29, 1.82) is 0 Å². The molecule has 3 aromatic rings. The van der Waals surface area contributed by atoms with Crippen molar-refractivity contribution in [3.63, 3.8) is 0 Å². The van der Waals surface area contributed by atoms with Crippen LogP contribution in [0.1, 0.15) is 129 Å². The summed E-state index contributed by atoms with van der Waals surface area (Å²) in [5, 5.41) is 3.57. The monoisotopic (exact) mass is 856 g/mol. The van der Waals surface area contributed by atoms with E-state index in [9.17, 15) is 22.8 Å². The smallest absolute Gasteiger partial charge is 0.297 e. The third-order valence-corrected chi connectivity index (χ3v) is 16.2. The third kappa shape index (κ3) is 8.04. The lowest BCUT2D eigenvalue weighted by atomic mass is 9.81. The zero-order chi connectivity index (χ0) is 43.0. The third-order valence-electron chi connectivity index (χ3n) is 12.9. The molecule has 3 fully saturated rings. The number of benzene rings is 1. The van der Waals surface area contributed by atoms with Gasteiger partial charge in [0, 0.05) is 47.6 Å². The predicted octanol–water partition coefficient (Wildman–Crippen LogP) is 7.69. The molecule has 2 spiro atoms. The summed E-state index contributed by atoms with van der Waals surface area (Å²) in [6.07, 6.45) is 0.674. The van der Waals surface area contributed by atoms with Crippen LogP contribution in [0.25, 0.3) is 21.6 Å². The van der Waals surface area contributed by atoms with Crippen molar-refractivity contribution in [2.24, 2.45) is 17.3 Å². The van der Waals surface area contributed by atoms with Gasteiger partial charge in [-0.1, -0.05) is 53.7 Å². The highest BCUT2D eigenvalue weighted by molar-refractivity contribution is 7.91. The van der Waals surface area contributed by atoms with E-state index in [2.05, 4.69) is 30.5 Å². The van der Waals surface area contributed by atoms with Crippen molar-refractivity contribution in [3.8, 4) is 16.6 Å². The van der Waals surface area contributed by atoms with E-state index >= 15 is 8.78 Å². The lowest BCUT2D eigenvalue weighted by molar-refractivity contribution is -0.144. The summed E-state index contributed by atoms with van der Waals surface area (Å²) in [7, 11) is -4.57. The van der Waals surface area contributed by atoms with Crippen LogP contribution in [0.3, 0.4) is 0 Å². The van der Waals surface area contributed by atoms with Gasteiger partial charge in [0.05, 0.1) is 22.5 Å². The maximum absolute atomic E-state index is 15.7. The van der Waals surface area contributed by atoms with Crippen molar-refractivity contribution < 1.29 is 36.3 Å². The number of carbonyl (C=O) groups excluding carboxylic acids is 3. The highest BCUT2D eigenvalue weighted by atomic mass is 32.2. The maximum atomic E-state index is 15.7. The fourth-order valence-corrected chi connectivity index (χ4v) is 11.6. The number of amides is 3. The molecule has 16 heteroatoms. The molecule has 2 aliphatic heterocycles. The number of nitrogens with zero attached hydrogens (tertiary/aromatic N) is 4. The number of hydrogen-bond acceptors (Lipinski definition) is 9. The summed E-state index contributed by atoms with van der Waals surface area (Å²) in [5.74, 6) is -6.24. The number of rotatable bonds is 4. The van der Waals surface area contributed by atoms with Crippen LogP contribution < -0.4 is 14.8 Å². The Hall–Kier alpha value is -3.92. The van der Waals surface area contributed by atoms with Crippen molar-refractivity contribution in [3.05, 3.63) is 41.4 Å². The Morgan fingerprint density at radius 3 is 2.41 bits per heavy atom. The molecule has 322 valence electrons. The molecule has 2 saturated carbocycles. The Morgan fingerprint density at radius 2 is 1.80 bits per heavy atom. The Labute approximate surface area is 350 Å². The van der Waals surface area contributed by atoms with Gasteiger partial charge < -0.3 is 15.0 Å². The largest absolute Gasteiger partial charge is 0.459 e. The van der Waals surface area contributed by atoms with Crippen molar-refractivity contribution >= 4 is 50.1 Å². The van der Waals surface area contributed by atoms with Crippen LogP contribution in [0, 0.1) is 17.3 Å². The van der Waals surface area contributed by atoms with Gasteiger partial charge in [0.1, 0.15) is 28.2 Å². The summed E-state index contributed by atoms with van der Waals surface area (Å²) < 4.78 is 67.9. The minimum Gasteiger partial charge on any atom is -0.459 e. The molecule has 12 nitrogen and oxygen atoms in total. The summed E-state index contributed by atoms with van der Waals surface area (Å²) in [4.78, 5) is 55.3. The van der Waals surface area contributed by atoms with Crippen molar-refractivity contribution in [2.45, 2.75) is 153 Å². The van der Waals surface area contributed by atoms with Gasteiger partial charge in [0.25, 0.3) is 11.9 Å². The minimum absolute atomic E-state index is 0.00788.